The van der Waals surface area contributed by atoms with Crippen LogP contribution in [0.3, 0.4) is 0 Å². The number of hydrogen-bond acceptors (Lipinski definition) is 7. The lowest BCUT2D eigenvalue weighted by atomic mass is 9.87. The van der Waals surface area contributed by atoms with Gasteiger partial charge in [-0.05, 0) is 29.8 Å². The Morgan fingerprint density at radius 3 is 2.67 bits per heavy atom. The van der Waals surface area contributed by atoms with Crippen LogP contribution < -0.4 is 4.74 Å². The Kier molecular flexibility index (Phi) is 4.55. The number of benzene rings is 1. The summed E-state index contributed by atoms with van der Waals surface area (Å²) in [5.41, 5.74) is 4.21. The fourth-order valence-corrected chi connectivity index (χ4v) is 4.03. The standard InChI is InChI=1S/C22H20N4O4/c1-28-12-16-20(13-5-7-15(29-2)8-6-13)22-24-23-21-17(26(22)25-16)10-14(11-18(21)27)19-4-3-9-30-19/h3-9,14H,10-12H2,1-2H3. The number of ketones is 1. The molecule has 0 spiro atoms. The lowest BCUT2D eigenvalue weighted by molar-refractivity contribution is 0.0951. The van der Waals surface area contributed by atoms with Gasteiger partial charge in [0.2, 0.25) is 0 Å². The number of nitrogens with zero attached hydrogens (tertiary/aromatic N) is 4. The first-order chi connectivity index (χ1) is 14.7. The van der Waals surface area contributed by atoms with Gasteiger partial charge >= 0.3 is 0 Å². The van der Waals surface area contributed by atoms with Crippen molar-refractivity contribution in [2.75, 3.05) is 14.2 Å². The monoisotopic (exact) mass is 404 g/mol. The summed E-state index contributed by atoms with van der Waals surface area (Å²) in [5.74, 6) is 1.45. The predicted molar refractivity (Wildman–Crippen MR) is 108 cm³/mol. The Morgan fingerprint density at radius 2 is 1.97 bits per heavy atom. The molecule has 1 aliphatic rings. The van der Waals surface area contributed by atoms with Gasteiger partial charge < -0.3 is 13.9 Å². The van der Waals surface area contributed by atoms with Crippen molar-refractivity contribution >= 4 is 11.4 Å². The number of fused-ring (bicyclic) bond motifs is 3. The van der Waals surface area contributed by atoms with E-state index < -0.39 is 0 Å². The number of rotatable bonds is 5. The molecule has 0 N–H and O–H groups in total. The summed E-state index contributed by atoms with van der Waals surface area (Å²) in [7, 11) is 3.25. The number of aromatic nitrogens is 4. The van der Waals surface area contributed by atoms with Crippen molar-refractivity contribution < 1.29 is 18.7 Å². The third kappa shape index (κ3) is 2.96. The van der Waals surface area contributed by atoms with E-state index in [-0.39, 0.29) is 11.7 Å². The van der Waals surface area contributed by atoms with Crippen molar-refractivity contribution in [3.05, 3.63) is 65.5 Å². The van der Waals surface area contributed by atoms with Crippen LogP contribution in [0, 0.1) is 0 Å². The van der Waals surface area contributed by atoms with E-state index >= 15 is 0 Å². The Morgan fingerprint density at radius 1 is 1.13 bits per heavy atom. The van der Waals surface area contributed by atoms with Crippen molar-refractivity contribution in [3.63, 3.8) is 0 Å². The van der Waals surface area contributed by atoms with Crippen molar-refractivity contribution in [1.29, 1.82) is 0 Å². The third-order valence-electron chi connectivity index (χ3n) is 5.45. The molecule has 0 radical (unpaired) electrons. The van der Waals surface area contributed by atoms with Crippen LogP contribution in [-0.4, -0.2) is 39.8 Å². The molecule has 3 aromatic heterocycles. The molecule has 1 unspecified atom stereocenters. The number of carbonyl (C=O) groups is 1. The minimum Gasteiger partial charge on any atom is -0.497 e. The van der Waals surface area contributed by atoms with Crippen LogP contribution >= 0.6 is 0 Å². The van der Waals surface area contributed by atoms with Crippen LogP contribution in [0.2, 0.25) is 0 Å². The Balaban J connectivity index is 1.68. The first-order valence-corrected chi connectivity index (χ1v) is 9.66. The molecule has 0 amide bonds. The van der Waals surface area contributed by atoms with Crippen molar-refractivity contribution in [1.82, 2.24) is 19.8 Å². The minimum absolute atomic E-state index is 0.0492. The normalized spacial score (nSPS) is 16.1. The molecule has 1 aromatic carbocycles. The van der Waals surface area contributed by atoms with Gasteiger partial charge in [0.15, 0.2) is 17.1 Å². The molecule has 0 aliphatic heterocycles. The van der Waals surface area contributed by atoms with E-state index in [0.717, 1.165) is 34.0 Å². The maximum atomic E-state index is 12.8. The molecular formula is C22H20N4O4. The van der Waals surface area contributed by atoms with E-state index in [1.165, 1.54) is 0 Å². The number of furan rings is 1. The van der Waals surface area contributed by atoms with E-state index in [0.29, 0.717) is 30.8 Å². The van der Waals surface area contributed by atoms with Crippen LogP contribution in [0.15, 0.2) is 47.1 Å². The van der Waals surface area contributed by atoms with Gasteiger partial charge in [0.25, 0.3) is 0 Å². The summed E-state index contributed by atoms with van der Waals surface area (Å²) >= 11 is 0. The van der Waals surface area contributed by atoms with E-state index in [9.17, 15) is 4.79 Å². The van der Waals surface area contributed by atoms with Gasteiger partial charge in [0, 0.05) is 25.9 Å². The van der Waals surface area contributed by atoms with Crippen LogP contribution in [-0.2, 0) is 17.8 Å². The SMILES string of the molecule is COCc1nn2c3c(nnc2c1-c1ccc(OC)cc1)C(=O)CC(c1ccco1)C3. The first kappa shape index (κ1) is 18.5. The molecule has 1 aliphatic carbocycles. The molecule has 5 rings (SSSR count). The third-order valence-corrected chi connectivity index (χ3v) is 5.45. The lowest BCUT2D eigenvalue weighted by Gasteiger charge is -2.21. The fourth-order valence-electron chi connectivity index (χ4n) is 4.03. The zero-order valence-electron chi connectivity index (χ0n) is 16.7. The summed E-state index contributed by atoms with van der Waals surface area (Å²) in [6, 6.07) is 11.4. The predicted octanol–water partition coefficient (Wildman–Crippen LogP) is 3.45. The largest absolute Gasteiger partial charge is 0.497 e. The van der Waals surface area contributed by atoms with Gasteiger partial charge in [-0.1, -0.05) is 12.1 Å². The quantitative estimate of drug-likeness (QED) is 0.503. The molecular weight excluding hydrogens is 384 g/mol. The second-order valence-corrected chi connectivity index (χ2v) is 7.26. The molecule has 1 atom stereocenters. The van der Waals surface area contributed by atoms with Gasteiger partial charge in [-0.15, -0.1) is 10.2 Å². The van der Waals surface area contributed by atoms with Gasteiger partial charge in [-0.3, -0.25) is 4.79 Å². The zero-order valence-corrected chi connectivity index (χ0v) is 16.7. The highest BCUT2D eigenvalue weighted by Crippen LogP contribution is 2.35. The summed E-state index contributed by atoms with van der Waals surface area (Å²) in [5, 5.41) is 13.4. The Labute approximate surface area is 172 Å². The van der Waals surface area contributed by atoms with Crippen LogP contribution in [0.4, 0.5) is 0 Å². The first-order valence-electron chi connectivity index (χ1n) is 9.66. The lowest BCUT2D eigenvalue weighted by Crippen LogP contribution is -2.24. The van der Waals surface area contributed by atoms with Gasteiger partial charge in [0.05, 0.1) is 36.9 Å². The molecule has 0 saturated heterocycles. The average molecular weight is 404 g/mol. The summed E-state index contributed by atoms with van der Waals surface area (Å²) < 4.78 is 17.9. The van der Waals surface area contributed by atoms with E-state index in [1.807, 2.05) is 36.4 Å². The van der Waals surface area contributed by atoms with Crippen LogP contribution in [0.25, 0.3) is 16.8 Å². The molecule has 3 heterocycles. The average Bonchev–Trinajstić information content (AvgIpc) is 3.42. The molecule has 152 valence electrons. The number of ether oxygens (including phenoxy) is 2. The van der Waals surface area contributed by atoms with Gasteiger partial charge in [0.1, 0.15) is 11.5 Å². The highest BCUT2D eigenvalue weighted by atomic mass is 16.5. The van der Waals surface area contributed by atoms with Crippen molar-refractivity contribution in [2.45, 2.75) is 25.4 Å². The molecule has 0 bridgehead atoms. The zero-order chi connectivity index (χ0) is 20.7. The van der Waals surface area contributed by atoms with Gasteiger partial charge in [-0.2, -0.15) is 5.10 Å². The molecule has 4 aromatic rings. The highest BCUT2D eigenvalue weighted by molar-refractivity contribution is 5.97. The topological polar surface area (TPSA) is 91.8 Å². The van der Waals surface area contributed by atoms with Crippen molar-refractivity contribution in [3.8, 4) is 16.9 Å². The maximum absolute atomic E-state index is 12.8. The van der Waals surface area contributed by atoms with Crippen molar-refractivity contribution in [2.24, 2.45) is 0 Å². The number of carbonyl (C=O) groups excluding carboxylic acids is 1. The highest BCUT2D eigenvalue weighted by Gasteiger charge is 2.33. The summed E-state index contributed by atoms with van der Waals surface area (Å²) in [6.07, 6.45) is 2.57. The molecule has 30 heavy (non-hydrogen) atoms. The summed E-state index contributed by atoms with van der Waals surface area (Å²) in [4.78, 5) is 12.8. The summed E-state index contributed by atoms with van der Waals surface area (Å²) in [6.45, 7) is 0.315. The van der Waals surface area contributed by atoms with E-state index in [2.05, 4.69) is 10.2 Å². The van der Waals surface area contributed by atoms with Crippen LogP contribution in [0.1, 0.15) is 40.0 Å². The fraction of sp³-hybridized carbons (Fsp3) is 0.273. The Hall–Kier alpha value is -3.52. The minimum atomic E-state index is -0.0539. The van der Waals surface area contributed by atoms with E-state index in [1.54, 1.807) is 25.0 Å². The molecule has 8 heteroatoms. The molecule has 8 nitrogen and oxygen atoms in total. The van der Waals surface area contributed by atoms with Crippen LogP contribution in [0.5, 0.6) is 5.75 Å². The van der Waals surface area contributed by atoms with E-state index in [4.69, 9.17) is 19.0 Å². The second-order valence-electron chi connectivity index (χ2n) is 7.26. The molecule has 0 saturated carbocycles. The smallest absolute Gasteiger partial charge is 0.185 e. The van der Waals surface area contributed by atoms with Gasteiger partial charge in [-0.25, -0.2) is 4.52 Å². The molecule has 0 fully saturated rings. The number of Topliss-reactive ketones (excluding diaryl/α,β-unsaturated/α-hetero) is 1. The maximum Gasteiger partial charge on any atom is 0.185 e. The Bertz CT molecular complexity index is 1210. The number of hydrogen-bond donors (Lipinski definition) is 0. The second kappa shape index (κ2) is 7.38. The number of methoxy groups -OCH3 is 2.